The molecular weight excluding hydrogens is 672 g/mol. The van der Waals surface area contributed by atoms with Crippen LogP contribution in [0.5, 0.6) is 0 Å². The molecule has 5 aliphatic carbocycles. The van der Waals surface area contributed by atoms with E-state index < -0.39 is 34.5 Å². The molecule has 0 radical (unpaired) electrons. The van der Waals surface area contributed by atoms with Crippen LogP contribution in [-0.4, -0.2) is 0 Å². The van der Waals surface area contributed by atoms with Gasteiger partial charge in [0.1, 0.15) is 0 Å². The monoisotopic (exact) mass is 696 g/mol. The molecule has 0 spiro atoms. The fourth-order valence-electron chi connectivity index (χ4n) is 8.63. The van der Waals surface area contributed by atoms with Gasteiger partial charge in [-0.05, 0) is 71.3 Å². The zero-order chi connectivity index (χ0) is 31.0. The smallest absolute Gasteiger partial charge is 0.157 e. The van der Waals surface area contributed by atoms with Crippen LogP contribution in [0.1, 0.15) is 22.3 Å². The van der Waals surface area contributed by atoms with E-state index in [1.54, 1.807) is 0 Å². The van der Waals surface area contributed by atoms with Gasteiger partial charge in [0.15, 0.2) is 10.8 Å². The van der Waals surface area contributed by atoms with Gasteiger partial charge in [0.05, 0.1) is 24.3 Å². The van der Waals surface area contributed by atoms with Crippen molar-refractivity contribution in [3.63, 3.8) is 0 Å². The first-order valence-electron chi connectivity index (χ1n) is 14.6. The summed E-state index contributed by atoms with van der Waals surface area (Å²) in [7, 11) is 0. The van der Waals surface area contributed by atoms with Crippen LogP contribution >= 0.6 is 31.9 Å². The van der Waals surface area contributed by atoms with Crippen LogP contribution in [0, 0.1) is 106 Å². The molecule has 0 N–H and O–H groups in total. The van der Waals surface area contributed by atoms with E-state index in [1.165, 1.54) is 0 Å². The summed E-state index contributed by atoms with van der Waals surface area (Å²) >= 11 is 7.23. The molecule has 2 aromatic rings. The molecule has 0 aliphatic heterocycles. The summed E-state index contributed by atoms with van der Waals surface area (Å²) in [5, 5.41) is 44.0. The van der Waals surface area contributed by atoms with Gasteiger partial charge in [0.25, 0.3) is 0 Å². The second kappa shape index (κ2) is 10.2. The maximum absolute atomic E-state index is 11.0. The lowest BCUT2D eigenvalue weighted by Crippen LogP contribution is -2.66. The fourth-order valence-corrected chi connectivity index (χ4v) is 9.43. The molecule has 2 aromatic carbocycles. The average Bonchev–Trinajstić information content (AvgIpc) is 3.03. The first kappa shape index (κ1) is 28.6. The second-order valence-corrected chi connectivity index (χ2v) is 14.3. The molecule has 5 aliphatic rings. The number of benzene rings is 2. The highest BCUT2D eigenvalue weighted by atomic mass is 79.9. The van der Waals surface area contributed by atoms with Crippen LogP contribution in [0.3, 0.4) is 0 Å². The van der Waals surface area contributed by atoms with E-state index in [0.717, 1.165) is 53.5 Å². The number of rotatable bonds is 2. The molecule has 1 fully saturated rings. The van der Waals surface area contributed by atoms with Crippen molar-refractivity contribution in [2.45, 2.75) is 13.8 Å². The van der Waals surface area contributed by atoms with Gasteiger partial charge < -0.3 is 0 Å². The average molecular weight is 698 g/mol. The first-order valence-corrected chi connectivity index (χ1v) is 16.2. The lowest BCUT2D eigenvalue weighted by atomic mass is 9.32. The maximum Gasteiger partial charge on any atom is 0.157 e. The van der Waals surface area contributed by atoms with Crippen LogP contribution in [-0.2, 0) is 0 Å². The summed E-state index contributed by atoms with van der Waals surface area (Å²) in [5.41, 5.74) is 5.52. The van der Waals surface area contributed by atoms with Crippen LogP contribution in [0.4, 0.5) is 0 Å². The van der Waals surface area contributed by atoms with E-state index in [1.807, 2.05) is 36.5 Å². The number of aryl methyl sites for hydroxylation is 2. The summed E-state index contributed by atoms with van der Waals surface area (Å²) in [5.74, 6) is -2.64. The topological polar surface area (TPSA) is 95.2 Å². The Kier molecular flexibility index (Phi) is 6.61. The maximum atomic E-state index is 11.0. The molecule has 7 rings (SSSR count). The SMILES string of the molecule is Cc1ccc(C2=C3C=CC(Br)=CC3C(C#N)(C#N)[C@@H]3C2C2C(c4ccc(C)cc4)=C4C=CC(Br)=CC4C(C#N)(C#N)[C@H]23)cc1. The Morgan fingerprint density at radius 2 is 0.886 bits per heavy atom. The highest BCUT2D eigenvalue weighted by Gasteiger charge is 2.75. The summed E-state index contributed by atoms with van der Waals surface area (Å²) in [6.45, 7) is 4.11. The normalized spacial score (nSPS) is 30.0. The van der Waals surface area contributed by atoms with Gasteiger partial charge in [-0.2, -0.15) is 21.0 Å². The van der Waals surface area contributed by atoms with Gasteiger partial charge in [0, 0.05) is 32.6 Å². The number of allylic oxidation sites excluding steroid dienone is 12. The van der Waals surface area contributed by atoms with Crippen molar-refractivity contribution in [3.8, 4) is 24.3 Å². The quantitative estimate of drug-likeness (QED) is 0.313. The second-order valence-electron chi connectivity index (χ2n) is 12.5. The third-order valence-electron chi connectivity index (χ3n) is 10.5. The number of nitriles is 4. The number of halogens is 2. The van der Waals surface area contributed by atoms with Crippen molar-refractivity contribution < 1.29 is 0 Å². The number of hydrogen-bond donors (Lipinski definition) is 0. The Hall–Kier alpha value is -4.20. The van der Waals surface area contributed by atoms with Gasteiger partial charge in [-0.1, -0.05) is 116 Å². The largest absolute Gasteiger partial charge is 0.197 e. The van der Waals surface area contributed by atoms with Crippen molar-refractivity contribution in [2.75, 3.05) is 0 Å². The summed E-state index contributed by atoms with van der Waals surface area (Å²) < 4.78 is 1.61. The van der Waals surface area contributed by atoms with Gasteiger partial charge in [-0.25, -0.2) is 0 Å². The van der Waals surface area contributed by atoms with Crippen molar-refractivity contribution in [1.29, 1.82) is 21.0 Å². The lowest BCUT2D eigenvalue weighted by molar-refractivity contribution is -0.0785. The van der Waals surface area contributed by atoms with Crippen LogP contribution in [0.25, 0.3) is 11.1 Å². The number of fused-ring (bicyclic) bond motifs is 6. The number of hydrogen-bond acceptors (Lipinski definition) is 4. The summed E-state index contributed by atoms with van der Waals surface area (Å²) in [6.07, 6.45) is 12.0. The zero-order valence-corrected chi connectivity index (χ0v) is 27.3. The highest BCUT2D eigenvalue weighted by Crippen LogP contribution is 2.76. The van der Waals surface area contributed by atoms with Crippen molar-refractivity contribution in [3.05, 3.63) is 127 Å². The third-order valence-corrected chi connectivity index (χ3v) is 11.6. The first-order chi connectivity index (χ1) is 21.2. The Labute approximate surface area is 274 Å². The summed E-state index contributed by atoms with van der Waals surface area (Å²) in [6, 6.07) is 26.8. The lowest BCUT2D eigenvalue weighted by Gasteiger charge is -2.67. The molecule has 0 aromatic heterocycles. The predicted molar refractivity (Wildman–Crippen MR) is 177 cm³/mol. The van der Waals surface area contributed by atoms with Crippen LogP contribution in [0.15, 0.2) is 105 Å². The zero-order valence-electron chi connectivity index (χ0n) is 24.1. The van der Waals surface area contributed by atoms with Crippen molar-refractivity contribution >= 4 is 43.0 Å². The van der Waals surface area contributed by atoms with E-state index in [9.17, 15) is 21.0 Å². The van der Waals surface area contributed by atoms with Crippen LogP contribution < -0.4 is 0 Å². The predicted octanol–water partition coefficient (Wildman–Crippen LogP) is 9.01. The Balaban J connectivity index is 1.61. The molecule has 0 heterocycles. The molecule has 1 saturated carbocycles. The molecule has 4 unspecified atom stereocenters. The van der Waals surface area contributed by atoms with Crippen LogP contribution in [0.2, 0.25) is 0 Å². The minimum Gasteiger partial charge on any atom is -0.197 e. The Morgan fingerprint density at radius 3 is 1.20 bits per heavy atom. The molecule has 212 valence electrons. The van der Waals surface area contributed by atoms with Gasteiger partial charge in [0.2, 0.25) is 0 Å². The molecule has 6 heteroatoms. The Bertz CT molecular complexity index is 1800. The molecule has 6 atom stereocenters. The molecule has 0 bridgehead atoms. The standard InChI is InChI=1S/C38H26Br2N4/c1-21-3-7-23(8-4-21)31-27-13-11-25(39)15-29(27)37(17-41,18-42)35-33(31)34-32(24-9-5-22(2)6-10-24)28-14-12-26(40)16-30(28)38(19-43,20-44)36(34)35/h3-16,29-30,33-36H,1-2H3/t29?,30?,33?,34?,35-,36-/m1/s1. The van der Waals surface area contributed by atoms with Crippen molar-refractivity contribution in [1.82, 2.24) is 0 Å². The Morgan fingerprint density at radius 1 is 0.545 bits per heavy atom. The molecule has 44 heavy (non-hydrogen) atoms. The van der Waals surface area contributed by atoms with Gasteiger partial charge >= 0.3 is 0 Å². The number of nitrogens with zero attached hydrogens (tertiary/aromatic N) is 4. The van der Waals surface area contributed by atoms with E-state index >= 15 is 0 Å². The van der Waals surface area contributed by atoms with Gasteiger partial charge in [-0.15, -0.1) is 0 Å². The van der Waals surface area contributed by atoms with E-state index in [0.29, 0.717) is 0 Å². The van der Waals surface area contributed by atoms with Crippen molar-refractivity contribution in [2.24, 2.45) is 46.3 Å². The summed E-state index contributed by atoms with van der Waals surface area (Å²) in [4.78, 5) is 0. The fraction of sp³-hybridized carbons (Fsp3) is 0.263. The molecule has 0 saturated heterocycles. The minimum atomic E-state index is -1.47. The highest BCUT2D eigenvalue weighted by molar-refractivity contribution is 9.12. The molecule has 0 amide bonds. The van der Waals surface area contributed by atoms with E-state index in [2.05, 4.69) is 119 Å². The van der Waals surface area contributed by atoms with E-state index in [-0.39, 0.29) is 11.8 Å². The molecular formula is C38H26Br2N4. The molecule has 4 nitrogen and oxygen atoms in total. The third kappa shape index (κ3) is 3.69. The van der Waals surface area contributed by atoms with Gasteiger partial charge in [-0.3, -0.25) is 0 Å². The van der Waals surface area contributed by atoms with E-state index in [4.69, 9.17) is 0 Å². The minimum absolute atomic E-state index is 0.253.